The Labute approximate surface area is 299 Å². The summed E-state index contributed by atoms with van der Waals surface area (Å²) in [5.41, 5.74) is 13.3. The van der Waals surface area contributed by atoms with E-state index in [1.165, 1.54) is 129 Å². The van der Waals surface area contributed by atoms with E-state index in [1.807, 2.05) is 22.7 Å². The fourth-order valence-electron chi connectivity index (χ4n) is 8.12. The van der Waals surface area contributed by atoms with Crippen molar-refractivity contribution in [3.05, 3.63) is 94.4 Å². The first-order valence-corrected chi connectivity index (χ1v) is 20.5. The van der Waals surface area contributed by atoms with Crippen LogP contribution in [0.2, 0.25) is 0 Å². The first kappa shape index (κ1) is 33.4. The second kappa shape index (κ2) is 14.4. The molecule has 0 spiro atoms. The van der Waals surface area contributed by atoms with E-state index in [0.717, 1.165) is 17.0 Å². The fourth-order valence-corrected chi connectivity index (χ4v) is 10.6. The highest BCUT2D eigenvalue weighted by atomic mass is 32.1. The molecule has 3 aromatic carbocycles. The molecule has 7 rings (SSSR count). The summed E-state index contributed by atoms with van der Waals surface area (Å²) >= 11 is 5.03. The van der Waals surface area contributed by atoms with Gasteiger partial charge in [-0.1, -0.05) is 120 Å². The van der Waals surface area contributed by atoms with Gasteiger partial charge in [0.05, 0.1) is 11.7 Å². The Morgan fingerprint density at radius 3 is 1.96 bits per heavy atom. The Hall–Kier alpha value is -3.12. The van der Waals surface area contributed by atoms with Crippen LogP contribution in [-0.2, 0) is 5.41 Å². The third kappa shape index (κ3) is 6.23. The van der Waals surface area contributed by atoms with Gasteiger partial charge in [0.1, 0.15) is 11.0 Å². The smallest absolute Gasteiger partial charge is 0.114 e. The monoisotopic (exact) mass is 688 g/mol. The summed E-state index contributed by atoms with van der Waals surface area (Å²) in [6.07, 6.45) is 12.9. The Balaban J connectivity index is 1.30. The third-order valence-electron chi connectivity index (χ3n) is 10.7. The molecule has 0 saturated heterocycles. The quantitative estimate of drug-likeness (QED) is 0.106. The fraction of sp³-hybridized carbons (Fsp3) is 0.395. The van der Waals surface area contributed by atoms with Gasteiger partial charge in [0.25, 0.3) is 0 Å². The van der Waals surface area contributed by atoms with E-state index in [1.54, 1.807) is 11.1 Å². The molecule has 0 N–H and O–H groups in total. The van der Waals surface area contributed by atoms with E-state index in [9.17, 15) is 0 Å². The van der Waals surface area contributed by atoms with Crippen molar-refractivity contribution in [2.45, 2.75) is 104 Å². The molecule has 1 aliphatic carbocycles. The van der Waals surface area contributed by atoms with Crippen molar-refractivity contribution in [3.8, 4) is 42.4 Å². The van der Waals surface area contributed by atoms with Crippen LogP contribution in [0.4, 0.5) is 0 Å². The largest absolute Gasteiger partial charge is 0.172 e. The van der Waals surface area contributed by atoms with E-state index in [-0.39, 0.29) is 5.41 Å². The van der Waals surface area contributed by atoms with Crippen molar-refractivity contribution >= 4 is 45.4 Å². The number of aryl methyl sites for hydroxylation is 2. The van der Waals surface area contributed by atoms with E-state index < -0.39 is 0 Å². The van der Waals surface area contributed by atoms with Crippen molar-refractivity contribution in [1.82, 2.24) is 8.75 Å². The molecule has 1 aliphatic rings. The lowest BCUT2D eigenvalue weighted by atomic mass is 9.67. The van der Waals surface area contributed by atoms with E-state index in [4.69, 9.17) is 8.75 Å². The number of hydrogen-bond donors (Lipinski definition) is 0. The molecule has 3 aromatic heterocycles. The lowest BCUT2D eigenvalue weighted by Crippen LogP contribution is -2.29. The first-order chi connectivity index (χ1) is 23.5. The van der Waals surface area contributed by atoms with Crippen LogP contribution in [0, 0.1) is 19.8 Å². The third-order valence-corrected chi connectivity index (χ3v) is 13.5. The van der Waals surface area contributed by atoms with Crippen LogP contribution in [0.3, 0.4) is 0 Å². The van der Waals surface area contributed by atoms with Gasteiger partial charge in [0, 0.05) is 36.1 Å². The minimum absolute atomic E-state index is 0.0728. The average Bonchev–Trinajstić information content (AvgIpc) is 3.91. The molecule has 2 nitrogen and oxygen atoms in total. The van der Waals surface area contributed by atoms with Crippen molar-refractivity contribution in [1.29, 1.82) is 0 Å². The van der Waals surface area contributed by atoms with Crippen LogP contribution in [0.25, 0.3) is 53.5 Å². The summed E-state index contributed by atoms with van der Waals surface area (Å²) in [6, 6.07) is 28.2. The molecule has 0 amide bonds. The molecular weight excluding hydrogens is 641 g/mol. The van der Waals surface area contributed by atoms with E-state index in [2.05, 4.69) is 107 Å². The maximum atomic E-state index is 4.81. The van der Waals surface area contributed by atoms with Crippen molar-refractivity contribution in [2.24, 2.45) is 5.92 Å². The maximum Gasteiger partial charge on any atom is 0.114 e. The predicted molar refractivity (Wildman–Crippen MR) is 212 cm³/mol. The lowest BCUT2D eigenvalue weighted by molar-refractivity contribution is 0.311. The number of thiophene rings is 2. The van der Waals surface area contributed by atoms with Gasteiger partial charge in [0.2, 0.25) is 0 Å². The van der Waals surface area contributed by atoms with Gasteiger partial charge in [-0.3, -0.25) is 0 Å². The Bertz CT molecular complexity index is 2030. The van der Waals surface area contributed by atoms with Gasteiger partial charge >= 0.3 is 0 Å². The van der Waals surface area contributed by atoms with Gasteiger partial charge in [-0.25, -0.2) is 0 Å². The highest BCUT2D eigenvalue weighted by Gasteiger charge is 2.44. The molecule has 0 fully saturated rings. The van der Waals surface area contributed by atoms with Crippen molar-refractivity contribution < 1.29 is 0 Å². The molecule has 2 unspecified atom stereocenters. The molecule has 0 aliphatic heterocycles. The van der Waals surface area contributed by atoms with Crippen LogP contribution in [0.15, 0.2) is 72.8 Å². The number of nitrogens with zero attached hydrogens (tertiary/aromatic N) is 2. The number of aromatic nitrogens is 2. The molecule has 0 radical (unpaired) electrons. The molecule has 0 bridgehead atoms. The van der Waals surface area contributed by atoms with Crippen LogP contribution < -0.4 is 0 Å². The molecule has 3 heterocycles. The zero-order valence-electron chi connectivity index (χ0n) is 29.2. The molecule has 48 heavy (non-hydrogen) atoms. The first-order valence-electron chi connectivity index (χ1n) is 18.1. The second-order valence-corrected chi connectivity index (χ2v) is 16.9. The van der Waals surface area contributed by atoms with Gasteiger partial charge in [-0.05, 0) is 90.8 Å². The Morgan fingerprint density at radius 1 is 0.625 bits per heavy atom. The Kier molecular flexibility index (Phi) is 10.0. The minimum atomic E-state index is 0.0728. The number of benzene rings is 3. The summed E-state index contributed by atoms with van der Waals surface area (Å²) in [5.74, 6) is 0.739. The summed E-state index contributed by atoms with van der Waals surface area (Å²) in [4.78, 5) is 5.16. The summed E-state index contributed by atoms with van der Waals surface area (Å²) in [5, 5.41) is 0. The normalized spacial score (nSPS) is 16.0. The van der Waals surface area contributed by atoms with Crippen molar-refractivity contribution in [2.75, 3.05) is 0 Å². The maximum absolute atomic E-state index is 4.81. The second-order valence-electron chi connectivity index (χ2n) is 14.0. The number of unbranched alkanes of at least 4 members (excludes halogenated alkanes) is 4. The van der Waals surface area contributed by atoms with Crippen molar-refractivity contribution in [3.63, 3.8) is 0 Å². The van der Waals surface area contributed by atoms with E-state index >= 15 is 0 Å². The zero-order chi connectivity index (χ0) is 33.3. The Morgan fingerprint density at radius 2 is 1.27 bits per heavy atom. The molecule has 6 aromatic rings. The molecule has 0 saturated carbocycles. The van der Waals surface area contributed by atoms with Gasteiger partial charge < -0.3 is 0 Å². The van der Waals surface area contributed by atoms with Gasteiger partial charge in [0.15, 0.2) is 0 Å². The van der Waals surface area contributed by atoms with Gasteiger partial charge in [-0.2, -0.15) is 8.75 Å². The molecule has 5 heteroatoms. The van der Waals surface area contributed by atoms with Crippen LogP contribution in [0.1, 0.15) is 107 Å². The number of rotatable bonds is 14. The molecule has 248 valence electrons. The minimum Gasteiger partial charge on any atom is -0.172 e. The summed E-state index contributed by atoms with van der Waals surface area (Å²) in [7, 11) is 0. The number of fused-ring (bicyclic) bond motifs is 4. The summed E-state index contributed by atoms with van der Waals surface area (Å²) in [6.45, 7) is 11.5. The molecule has 2 atom stereocenters. The van der Waals surface area contributed by atoms with Gasteiger partial charge in [-0.15, -0.1) is 22.7 Å². The SMILES string of the molecule is CCCCCCC1(CC(CC)CCCC)c2cc(C)ccc2-c2ccc(-c3ccc(-c4ccc(-c5ccc(C)s5)c5nsnc45)s3)cc21. The summed E-state index contributed by atoms with van der Waals surface area (Å²) < 4.78 is 9.57. The highest BCUT2D eigenvalue weighted by molar-refractivity contribution is 7.19. The van der Waals surface area contributed by atoms with Crippen LogP contribution in [-0.4, -0.2) is 8.75 Å². The lowest BCUT2D eigenvalue weighted by Gasteiger charge is -2.36. The number of hydrogen-bond acceptors (Lipinski definition) is 5. The van der Waals surface area contributed by atoms with Crippen LogP contribution in [0.5, 0.6) is 0 Å². The molecular formula is C43H48N2S3. The topological polar surface area (TPSA) is 25.8 Å². The van der Waals surface area contributed by atoms with E-state index in [0.29, 0.717) is 0 Å². The van der Waals surface area contributed by atoms with Crippen LogP contribution >= 0.6 is 34.4 Å². The highest BCUT2D eigenvalue weighted by Crippen LogP contribution is 2.56. The standard InChI is InChI=1S/C43H48N2S3/c1-6-9-11-12-24-43(27-30(8-3)13-10-7-2)36-25-28(4)14-17-32(36)33-18-16-31(26-37(33)43)38-22-23-40(47-38)35-20-19-34(39-21-15-29(5)46-39)41-42(35)45-48-44-41/h14-23,25-26,30H,6-13,24,27H2,1-5H3. The predicted octanol–water partition coefficient (Wildman–Crippen LogP) is 14.3. The average molecular weight is 689 g/mol. The zero-order valence-corrected chi connectivity index (χ0v) is 31.6.